The number of piperidine rings is 3. The molecule has 6 rings (SSSR count). The van der Waals surface area contributed by atoms with Crippen molar-refractivity contribution in [3.63, 3.8) is 0 Å². The summed E-state index contributed by atoms with van der Waals surface area (Å²) in [5, 5.41) is 5.22. The Morgan fingerprint density at radius 2 is 2.03 bits per heavy atom. The Bertz CT molecular complexity index is 1120. The number of fused-ring (bicyclic) bond motifs is 3. The SMILES string of the molecule is CCC(CC)c1cc(C2CN3CCC2CC3CNC(=O)Cc2cccs2)nc(-c2ccncc2)n1. The summed E-state index contributed by atoms with van der Waals surface area (Å²) < 4.78 is 0. The lowest BCUT2D eigenvalue weighted by atomic mass is 9.74. The van der Waals surface area contributed by atoms with E-state index >= 15 is 0 Å². The third kappa shape index (κ3) is 5.46. The lowest BCUT2D eigenvalue weighted by Crippen LogP contribution is -2.56. The van der Waals surface area contributed by atoms with Crippen molar-refractivity contribution in [3.8, 4) is 11.4 Å². The summed E-state index contributed by atoms with van der Waals surface area (Å²) >= 11 is 1.64. The average Bonchev–Trinajstić information content (AvgIpc) is 3.42. The topological polar surface area (TPSA) is 71.0 Å². The molecular formula is C28H35N5OS. The molecule has 0 saturated carbocycles. The average molecular weight is 490 g/mol. The van der Waals surface area contributed by atoms with Gasteiger partial charge in [-0.1, -0.05) is 19.9 Å². The first-order valence-corrected chi connectivity index (χ1v) is 13.8. The Balaban J connectivity index is 1.31. The van der Waals surface area contributed by atoms with Gasteiger partial charge in [0, 0.05) is 65.2 Å². The maximum atomic E-state index is 12.4. The first-order chi connectivity index (χ1) is 17.1. The summed E-state index contributed by atoms with van der Waals surface area (Å²) in [5.41, 5.74) is 3.38. The molecule has 4 atom stereocenters. The maximum absolute atomic E-state index is 12.4. The lowest BCUT2D eigenvalue weighted by Gasteiger charge is -2.49. The number of pyridine rings is 1. The molecule has 1 N–H and O–H groups in total. The molecule has 3 saturated heterocycles. The fourth-order valence-corrected chi connectivity index (χ4v) is 6.48. The number of nitrogens with one attached hydrogen (secondary N) is 1. The molecule has 6 heterocycles. The van der Waals surface area contributed by atoms with Crippen molar-refractivity contribution in [3.05, 3.63) is 64.4 Å². The Morgan fingerprint density at radius 3 is 2.71 bits per heavy atom. The summed E-state index contributed by atoms with van der Waals surface area (Å²) in [6.45, 7) is 7.33. The molecular weight excluding hydrogens is 454 g/mol. The van der Waals surface area contributed by atoms with Gasteiger partial charge in [0.05, 0.1) is 6.42 Å². The highest BCUT2D eigenvalue weighted by Crippen LogP contribution is 2.42. The Labute approximate surface area is 212 Å². The maximum Gasteiger partial charge on any atom is 0.225 e. The second-order valence-corrected chi connectivity index (χ2v) is 10.9. The zero-order chi connectivity index (χ0) is 24.2. The minimum Gasteiger partial charge on any atom is -0.354 e. The molecule has 0 aromatic carbocycles. The first-order valence-electron chi connectivity index (χ1n) is 13.0. The van der Waals surface area contributed by atoms with Crippen LogP contribution in [0, 0.1) is 5.92 Å². The van der Waals surface area contributed by atoms with Gasteiger partial charge in [-0.05, 0) is 67.8 Å². The molecule has 0 radical (unpaired) electrons. The van der Waals surface area contributed by atoms with Crippen molar-refractivity contribution < 1.29 is 4.79 Å². The van der Waals surface area contributed by atoms with Gasteiger partial charge in [-0.25, -0.2) is 9.97 Å². The molecule has 3 aromatic rings. The number of nitrogens with zero attached hydrogens (tertiary/aromatic N) is 4. The molecule has 0 aliphatic carbocycles. The zero-order valence-corrected chi connectivity index (χ0v) is 21.5. The van der Waals surface area contributed by atoms with E-state index in [9.17, 15) is 4.79 Å². The van der Waals surface area contributed by atoms with Crippen molar-refractivity contribution in [1.29, 1.82) is 0 Å². The summed E-state index contributed by atoms with van der Waals surface area (Å²) in [7, 11) is 0. The van der Waals surface area contributed by atoms with Crippen LogP contribution in [0.5, 0.6) is 0 Å². The highest BCUT2D eigenvalue weighted by Gasteiger charge is 2.41. The van der Waals surface area contributed by atoms with E-state index < -0.39 is 0 Å². The minimum atomic E-state index is 0.124. The number of thiophene rings is 1. The van der Waals surface area contributed by atoms with Gasteiger partial charge in [-0.3, -0.25) is 14.7 Å². The van der Waals surface area contributed by atoms with Gasteiger partial charge in [0.1, 0.15) is 0 Å². The van der Waals surface area contributed by atoms with Crippen LogP contribution in [-0.4, -0.2) is 51.4 Å². The van der Waals surface area contributed by atoms with E-state index in [4.69, 9.17) is 9.97 Å². The number of aromatic nitrogens is 3. The second-order valence-electron chi connectivity index (χ2n) is 9.89. The highest BCUT2D eigenvalue weighted by molar-refractivity contribution is 7.10. The number of hydrogen-bond acceptors (Lipinski definition) is 6. The van der Waals surface area contributed by atoms with Crippen LogP contribution in [0.2, 0.25) is 0 Å². The van der Waals surface area contributed by atoms with Crippen LogP contribution in [0.25, 0.3) is 11.4 Å². The van der Waals surface area contributed by atoms with Gasteiger partial charge in [0.15, 0.2) is 5.82 Å². The molecule has 1 amide bonds. The van der Waals surface area contributed by atoms with E-state index in [0.717, 1.165) is 55.2 Å². The van der Waals surface area contributed by atoms with Gasteiger partial charge in [0.2, 0.25) is 5.91 Å². The minimum absolute atomic E-state index is 0.124. The molecule has 3 fully saturated rings. The van der Waals surface area contributed by atoms with Crippen LogP contribution >= 0.6 is 11.3 Å². The van der Waals surface area contributed by atoms with E-state index in [1.165, 1.54) is 17.8 Å². The van der Waals surface area contributed by atoms with Crippen LogP contribution in [0.4, 0.5) is 0 Å². The lowest BCUT2D eigenvalue weighted by molar-refractivity contribution is -0.120. The Hall–Kier alpha value is -2.64. The molecule has 3 aromatic heterocycles. The van der Waals surface area contributed by atoms with Gasteiger partial charge < -0.3 is 5.32 Å². The Morgan fingerprint density at radius 1 is 1.20 bits per heavy atom. The predicted molar refractivity (Wildman–Crippen MR) is 140 cm³/mol. The summed E-state index contributed by atoms with van der Waals surface area (Å²) in [6.07, 6.45) is 8.57. The first kappa shape index (κ1) is 24.1. The third-order valence-corrected chi connectivity index (χ3v) is 8.69. The Kier molecular flexibility index (Phi) is 7.54. The van der Waals surface area contributed by atoms with Gasteiger partial charge in [-0.2, -0.15) is 0 Å². The van der Waals surface area contributed by atoms with Crippen molar-refractivity contribution in [2.75, 3.05) is 19.6 Å². The summed E-state index contributed by atoms with van der Waals surface area (Å²) in [6, 6.07) is 10.7. The van der Waals surface area contributed by atoms with E-state index in [2.05, 4.69) is 35.1 Å². The van der Waals surface area contributed by atoms with Crippen molar-refractivity contribution >= 4 is 17.2 Å². The summed E-state index contributed by atoms with van der Waals surface area (Å²) in [5.74, 6) is 2.40. The fourth-order valence-electron chi connectivity index (χ4n) is 5.77. The van der Waals surface area contributed by atoms with E-state index in [1.54, 1.807) is 11.3 Å². The monoisotopic (exact) mass is 489 g/mol. The number of carbonyl (C=O) groups excluding carboxylic acids is 1. The quantitative estimate of drug-likeness (QED) is 0.456. The molecule has 2 bridgehead atoms. The zero-order valence-electron chi connectivity index (χ0n) is 20.7. The molecule has 6 nitrogen and oxygen atoms in total. The molecule has 184 valence electrons. The van der Waals surface area contributed by atoms with Crippen LogP contribution in [0.3, 0.4) is 0 Å². The van der Waals surface area contributed by atoms with Gasteiger partial charge in [0.25, 0.3) is 0 Å². The van der Waals surface area contributed by atoms with E-state index in [-0.39, 0.29) is 5.91 Å². The second kappa shape index (κ2) is 11.0. The standard InChI is InChI=1S/C28H35N5OS/c1-3-19(4-2)25-16-26(32-28(31-25)20-7-10-29-11-8-20)24-18-33-12-9-21(24)14-22(33)17-30-27(34)15-23-6-5-13-35-23/h5-8,10-11,13,16,19,21-22,24H,3-4,9,12,14-15,17-18H2,1-2H3,(H,30,34). The number of carbonyl (C=O) groups is 1. The predicted octanol–water partition coefficient (Wildman–Crippen LogP) is 5.04. The molecule has 3 aliphatic rings. The van der Waals surface area contributed by atoms with Gasteiger partial charge in [-0.15, -0.1) is 11.3 Å². The summed E-state index contributed by atoms with van der Waals surface area (Å²) in [4.78, 5) is 30.4. The molecule has 7 heteroatoms. The van der Waals surface area contributed by atoms with Crippen molar-refractivity contribution in [2.45, 2.75) is 63.8 Å². The van der Waals surface area contributed by atoms with Crippen molar-refractivity contribution in [2.24, 2.45) is 5.92 Å². The van der Waals surface area contributed by atoms with Crippen LogP contribution in [0.1, 0.15) is 67.6 Å². The molecule has 4 unspecified atom stereocenters. The normalized spacial score (nSPS) is 23.5. The third-order valence-electron chi connectivity index (χ3n) is 7.82. The molecule has 3 aliphatic heterocycles. The molecule has 35 heavy (non-hydrogen) atoms. The fraction of sp³-hybridized carbons (Fsp3) is 0.500. The van der Waals surface area contributed by atoms with E-state index in [1.807, 2.05) is 42.0 Å². The number of hydrogen-bond donors (Lipinski definition) is 1. The van der Waals surface area contributed by atoms with Crippen LogP contribution in [-0.2, 0) is 11.2 Å². The molecule has 0 spiro atoms. The van der Waals surface area contributed by atoms with Crippen LogP contribution < -0.4 is 5.32 Å². The number of amides is 1. The smallest absolute Gasteiger partial charge is 0.225 e. The van der Waals surface area contributed by atoms with Crippen LogP contribution in [0.15, 0.2) is 48.1 Å². The highest BCUT2D eigenvalue weighted by atomic mass is 32.1. The van der Waals surface area contributed by atoms with Crippen molar-refractivity contribution in [1.82, 2.24) is 25.2 Å². The number of rotatable bonds is 9. The van der Waals surface area contributed by atoms with E-state index in [0.29, 0.717) is 30.2 Å². The van der Waals surface area contributed by atoms with Gasteiger partial charge >= 0.3 is 0 Å². The largest absolute Gasteiger partial charge is 0.354 e.